The Balaban J connectivity index is 1.62. The first-order valence-electron chi connectivity index (χ1n) is 9.09. The van der Waals surface area contributed by atoms with Gasteiger partial charge < -0.3 is 15.4 Å². The lowest BCUT2D eigenvalue weighted by Gasteiger charge is -2.16. The molecule has 1 heterocycles. The topological polar surface area (TPSA) is 70.7 Å². The lowest BCUT2D eigenvalue weighted by atomic mass is 10.1. The van der Waals surface area contributed by atoms with Gasteiger partial charge in [-0.05, 0) is 65.8 Å². The molecule has 0 aliphatic heterocycles. The molecule has 0 fully saturated rings. The van der Waals surface area contributed by atoms with Crippen LogP contribution in [0.4, 0.5) is 11.4 Å². The van der Waals surface area contributed by atoms with E-state index in [1.54, 1.807) is 67.0 Å². The van der Waals surface area contributed by atoms with Crippen LogP contribution in [0.3, 0.4) is 0 Å². The van der Waals surface area contributed by atoms with E-state index in [1.165, 1.54) is 5.56 Å². The van der Waals surface area contributed by atoms with Gasteiger partial charge >= 0.3 is 0 Å². The fourth-order valence-electron chi connectivity index (χ4n) is 2.85. The average molecular weight is 410 g/mol. The smallest absolute Gasteiger partial charge is 0.257 e. The number of methoxy groups -OCH3 is 1. The zero-order valence-electron chi connectivity index (χ0n) is 16.3. The third kappa shape index (κ3) is 5.91. The van der Waals surface area contributed by atoms with Crippen molar-refractivity contribution >= 4 is 34.5 Å². The SMILES string of the molecule is COc1ccc(NC(=O)c2ccccc2NC(=O)CN(C)Cc2ccsc2)cc1. The lowest BCUT2D eigenvalue weighted by molar-refractivity contribution is -0.117. The number of para-hydroxylation sites is 1. The van der Waals surface area contributed by atoms with E-state index in [0.29, 0.717) is 29.2 Å². The number of nitrogens with zero attached hydrogens (tertiary/aromatic N) is 1. The number of carbonyl (C=O) groups is 2. The van der Waals surface area contributed by atoms with Crippen LogP contribution in [0.5, 0.6) is 5.75 Å². The van der Waals surface area contributed by atoms with Crippen molar-refractivity contribution in [3.8, 4) is 5.75 Å². The summed E-state index contributed by atoms with van der Waals surface area (Å²) in [5.74, 6) is 0.243. The van der Waals surface area contributed by atoms with Gasteiger partial charge in [-0.2, -0.15) is 11.3 Å². The van der Waals surface area contributed by atoms with Crippen LogP contribution in [0.2, 0.25) is 0 Å². The minimum absolute atomic E-state index is 0.174. The number of anilines is 2. The van der Waals surface area contributed by atoms with E-state index >= 15 is 0 Å². The molecule has 0 saturated carbocycles. The highest BCUT2D eigenvalue weighted by atomic mass is 32.1. The van der Waals surface area contributed by atoms with Crippen molar-refractivity contribution in [2.24, 2.45) is 0 Å². The number of amides is 2. The summed E-state index contributed by atoms with van der Waals surface area (Å²) < 4.78 is 5.12. The molecule has 2 N–H and O–H groups in total. The molecule has 150 valence electrons. The molecule has 0 aliphatic rings. The minimum Gasteiger partial charge on any atom is -0.497 e. The molecule has 0 unspecified atom stereocenters. The average Bonchev–Trinajstić information content (AvgIpc) is 3.21. The van der Waals surface area contributed by atoms with Crippen LogP contribution in [0.25, 0.3) is 0 Å². The molecule has 1 aromatic heterocycles. The highest BCUT2D eigenvalue weighted by Crippen LogP contribution is 2.19. The van der Waals surface area contributed by atoms with Gasteiger partial charge in [0.25, 0.3) is 5.91 Å². The van der Waals surface area contributed by atoms with Crippen LogP contribution in [0.1, 0.15) is 15.9 Å². The quantitative estimate of drug-likeness (QED) is 0.588. The molecule has 3 aromatic rings. The molecule has 0 spiro atoms. The van der Waals surface area contributed by atoms with Crippen LogP contribution in [-0.4, -0.2) is 37.4 Å². The third-order valence-electron chi connectivity index (χ3n) is 4.24. The number of hydrogen-bond acceptors (Lipinski definition) is 5. The van der Waals surface area contributed by atoms with Gasteiger partial charge in [-0.3, -0.25) is 14.5 Å². The summed E-state index contributed by atoms with van der Waals surface area (Å²) in [6, 6.07) is 16.1. The Morgan fingerprint density at radius 2 is 1.79 bits per heavy atom. The second-order valence-electron chi connectivity index (χ2n) is 6.58. The minimum atomic E-state index is -0.294. The van der Waals surface area contributed by atoms with Crippen LogP contribution in [0, 0.1) is 0 Å². The van der Waals surface area contributed by atoms with Crippen LogP contribution >= 0.6 is 11.3 Å². The number of thiophene rings is 1. The Morgan fingerprint density at radius 1 is 1.03 bits per heavy atom. The van der Waals surface area contributed by atoms with Crippen molar-refractivity contribution < 1.29 is 14.3 Å². The molecule has 2 aromatic carbocycles. The summed E-state index contributed by atoms with van der Waals surface area (Å²) in [7, 11) is 3.48. The van der Waals surface area contributed by atoms with Crippen molar-refractivity contribution in [3.05, 3.63) is 76.5 Å². The van der Waals surface area contributed by atoms with E-state index in [9.17, 15) is 9.59 Å². The Bertz CT molecular complexity index is 956. The first-order chi connectivity index (χ1) is 14.0. The summed E-state index contributed by atoms with van der Waals surface area (Å²) in [6.45, 7) is 0.917. The zero-order chi connectivity index (χ0) is 20.6. The van der Waals surface area contributed by atoms with Gasteiger partial charge in [-0.25, -0.2) is 0 Å². The summed E-state index contributed by atoms with van der Waals surface area (Å²) in [5.41, 5.74) is 2.70. The Hall–Kier alpha value is -3.16. The number of benzene rings is 2. The molecule has 6 nitrogen and oxygen atoms in total. The predicted octanol–water partition coefficient (Wildman–Crippen LogP) is 4.08. The standard InChI is InChI=1S/C22H23N3O3S/c1-25(13-16-11-12-29-15-16)14-21(26)24-20-6-4-3-5-19(20)22(27)23-17-7-9-18(28-2)10-8-17/h3-12,15H,13-14H2,1-2H3,(H,23,27)(H,24,26). The summed E-state index contributed by atoms with van der Waals surface area (Å²) in [6.07, 6.45) is 0. The van der Waals surface area contributed by atoms with E-state index in [4.69, 9.17) is 4.74 Å². The summed E-state index contributed by atoms with van der Waals surface area (Å²) >= 11 is 1.63. The Kier molecular flexibility index (Phi) is 6.99. The predicted molar refractivity (Wildman–Crippen MR) is 117 cm³/mol. The molecular formula is C22H23N3O3S. The fraction of sp³-hybridized carbons (Fsp3) is 0.182. The maximum absolute atomic E-state index is 12.7. The molecule has 0 radical (unpaired) electrons. The molecule has 0 aliphatic carbocycles. The van der Waals surface area contributed by atoms with Gasteiger partial charge in [0.1, 0.15) is 5.75 Å². The van der Waals surface area contributed by atoms with Crippen LogP contribution in [0.15, 0.2) is 65.4 Å². The van der Waals surface area contributed by atoms with E-state index < -0.39 is 0 Å². The van der Waals surface area contributed by atoms with Crippen molar-refractivity contribution in [2.45, 2.75) is 6.54 Å². The molecule has 0 bridgehead atoms. The van der Waals surface area contributed by atoms with E-state index in [1.807, 2.05) is 23.4 Å². The van der Waals surface area contributed by atoms with Crippen molar-refractivity contribution in [2.75, 3.05) is 31.3 Å². The second-order valence-corrected chi connectivity index (χ2v) is 7.36. The summed E-state index contributed by atoms with van der Waals surface area (Å²) in [5, 5.41) is 9.76. The van der Waals surface area contributed by atoms with Crippen molar-refractivity contribution in [1.29, 1.82) is 0 Å². The Labute approximate surface area is 174 Å². The van der Waals surface area contributed by atoms with E-state index in [-0.39, 0.29) is 18.4 Å². The molecule has 0 saturated heterocycles. The monoisotopic (exact) mass is 409 g/mol. The fourth-order valence-corrected chi connectivity index (χ4v) is 3.51. The number of hydrogen-bond donors (Lipinski definition) is 2. The molecular weight excluding hydrogens is 386 g/mol. The van der Waals surface area contributed by atoms with E-state index in [2.05, 4.69) is 16.0 Å². The maximum Gasteiger partial charge on any atom is 0.257 e. The number of likely N-dealkylation sites (N-methyl/N-ethyl adjacent to an activating group) is 1. The molecule has 7 heteroatoms. The number of ether oxygens (including phenoxy) is 1. The maximum atomic E-state index is 12.7. The Morgan fingerprint density at radius 3 is 2.48 bits per heavy atom. The first kappa shape index (κ1) is 20.6. The van der Waals surface area contributed by atoms with Crippen molar-refractivity contribution in [3.63, 3.8) is 0 Å². The van der Waals surface area contributed by atoms with Crippen LogP contribution in [-0.2, 0) is 11.3 Å². The zero-order valence-corrected chi connectivity index (χ0v) is 17.2. The lowest BCUT2D eigenvalue weighted by Crippen LogP contribution is -2.30. The second kappa shape index (κ2) is 9.86. The molecule has 2 amide bonds. The number of rotatable bonds is 8. The normalized spacial score (nSPS) is 10.6. The highest BCUT2D eigenvalue weighted by Gasteiger charge is 2.14. The van der Waals surface area contributed by atoms with Gasteiger partial charge in [-0.15, -0.1) is 0 Å². The van der Waals surface area contributed by atoms with E-state index in [0.717, 1.165) is 0 Å². The molecule has 29 heavy (non-hydrogen) atoms. The van der Waals surface area contributed by atoms with Gasteiger partial charge in [0.15, 0.2) is 0 Å². The molecule has 0 atom stereocenters. The van der Waals surface area contributed by atoms with Gasteiger partial charge in [0, 0.05) is 12.2 Å². The van der Waals surface area contributed by atoms with Gasteiger partial charge in [0.2, 0.25) is 5.91 Å². The van der Waals surface area contributed by atoms with Gasteiger partial charge in [-0.1, -0.05) is 12.1 Å². The number of carbonyl (C=O) groups excluding carboxylic acids is 2. The first-order valence-corrected chi connectivity index (χ1v) is 10.0. The highest BCUT2D eigenvalue weighted by molar-refractivity contribution is 7.07. The summed E-state index contributed by atoms with van der Waals surface area (Å²) in [4.78, 5) is 27.1. The van der Waals surface area contributed by atoms with Crippen LogP contribution < -0.4 is 15.4 Å². The largest absolute Gasteiger partial charge is 0.497 e. The third-order valence-corrected chi connectivity index (χ3v) is 4.97. The molecule has 3 rings (SSSR count). The van der Waals surface area contributed by atoms with Gasteiger partial charge in [0.05, 0.1) is 24.9 Å². The number of nitrogens with one attached hydrogen (secondary N) is 2. The van der Waals surface area contributed by atoms with Crippen molar-refractivity contribution in [1.82, 2.24) is 4.90 Å².